The molecule has 3 rings (SSSR count). The molecular weight excluding hydrogens is 336 g/mol. The fraction of sp³-hybridized carbons (Fsp3) is 0.278. The molecule has 0 amide bonds. The van der Waals surface area contributed by atoms with Crippen molar-refractivity contribution in [1.82, 2.24) is 14.8 Å². The lowest BCUT2D eigenvalue weighted by atomic mass is 10.1. The van der Waals surface area contributed by atoms with Crippen molar-refractivity contribution in [2.45, 2.75) is 26.8 Å². The number of nitro benzene ring substituents is 1. The highest BCUT2D eigenvalue weighted by atomic mass is 16.6. The summed E-state index contributed by atoms with van der Waals surface area (Å²) in [4.78, 5) is 27.5. The summed E-state index contributed by atoms with van der Waals surface area (Å²) in [6, 6.07) is 7.75. The van der Waals surface area contributed by atoms with Crippen molar-refractivity contribution in [3.63, 3.8) is 0 Å². The summed E-state index contributed by atoms with van der Waals surface area (Å²) in [5.74, 6) is -0.497. The molecule has 0 aliphatic heterocycles. The van der Waals surface area contributed by atoms with Crippen LogP contribution in [0, 0.1) is 17.0 Å². The highest BCUT2D eigenvalue weighted by Crippen LogP contribution is 2.29. The molecule has 2 heterocycles. The zero-order valence-electron chi connectivity index (χ0n) is 14.7. The molecule has 0 fully saturated rings. The Morgan fingerprint density at radius 1 is 1.35 bits per heavy atom. The topological polar surface area (TPSA) is 100 Å². The number of pyridine rings is 1. The van der Waals surface area contributed by atoms with Crippen molar-refractivity contribution >= 4 is 22.7 Å². The van der Waals surface area contributed by atoms with E-state index in [1.807, 2.05) is 13.8 Å². The largest absolute Gasteiger partial charge is 0.465 e. The summed E-state index contributed by atoms with van der Waals surface area (Å²) in [6.45, 7) is 4.49. The molecule has 0 saturated heterocycles. The molecule has 0 saturated carbocycles. The second kappa shape index (κ2) is 6.91. The highest BCUT2D eigenvalue weighted by Gasteiger charge is 2.21. The van der Waals surface area contributed by atoms with E-state index >= 15 is 0 Å². The number of carbonyl (C=O) groups excluding carboxylic acids is 1. The first-order valence-corrected chi connectivity index (χ1v) is 8.17. The number of nitro groups is 1. The monoisotopic (exact) mass is 354 g/mol. The molecule has 2 aromatic heterocycles. The van der Waals surface area contributed by atoms with E-state index in [9.17, 15) is 14.9 Å². The van der Waals surface area contributed by atoms with Crippen LogP contribution < -0.4 is 0 Å². The van der Waals surface area contributed by atoms with E-state index in [1.165, 1.54) is 19.2 Å². The van der Waals surface area contributed by atoms with E-state index in [2.05, 4.69) is 10.1 Å². The zero-order chi connectivity index (χ0) is 18.8. The first-order valence-electron chi connectivity index (χ1n) is 8.17. The number of benzene rings is 1. The predicted octanol–water partition coefficient (Wildman–Crippen LogP) is 3.51. The minimum atomic E-state index is -0.497. The van der Waals surface area contributed by atoms with Crippen LogP contribution >= 0.6 is 0 Å². The van der Waals surface area contributed by atoms with Gasteiger partial charge in [-0.1, -0.05) is 19.1 Å². The Labute approximate surface area is 149 Å². The maximum Gasteiger partial charge on any atom is 0.338 e. The molecule has 0 spiro atoms. The van der Waals surface area contributed by atoms with Crippen LogP contribution in [0.3, 0.4) is 0 Å². The SMILES string of the molecule is CCCn1nc(C)c2c(C(=O)OC)cc(-c3cccc([N+](=O)[O-])c3)nc21. The van der Waals surface area contributed by atoms with Gasteiger partial charge in [0.2, 0.25) is 0 Å². The number of ether oxygens (including phenoxy) is 1. The van der Waals surface area contributed by atoms with Crippen molar-refractivity contribution in [2.24, 2.45) is 0 Å². The van der Waals surface area contributed by atoms with Crippen molar-refractivity contribution in [1.29, 1.82) is 0 Å². The van der Waals surface area contributed by atoms with Gasteiger partial charge in [-0.15, -0.1) is 0 Å². The number of esters is 1. The first kappa shape index (κ1) is 17.5. The van der Waals surface area contributed by atoms with Crippen LogP contribution in [0.4, 0.5) is 5.69 Å². The third-order valence-corrected chi connectivity index (χ3v) is 4.07. The number of carbonyl (C=O) groups is 1. The molecule has 8 nitrogen and oxygen atoms in total. The molecule has 0 N–H and O–H groups in total. The zero-order valence-corrected chi connectivity index (χ0v) is 14.7. The molecule has 0 aliphatic carbocycles. The Morgan fingerprint density at radius 3 is 2.77 bits per heavy atom. The average Bonchev–Trinajstić information content (AvgIpc) is 2.96. The Kier molecular flexibility index (Phi) is 4.66. The van der Waals surface area contributed by atoms with Gasteiger partial charge in [-0.05, 0) is 19.4 Å². The van der Waals surface area contributed by atoms with Crippen LogP contribution in [0.1, 0.15) is 29.4 Å². The number of methoxy groups -OCH3 is 1. The Morgan fingerprint density at radius 2 is 2.12 bits per heavy atom. The lowest BCUT2D eigenvalue weighted by molar-refractivity contribution is -0.384. The van der Waals surface area contributed by atoms with Crippen LogP contribution in [0.5, 0.6) is 0 Å². The maximum absolute atomic E-state index is 12.3. The number of aryl methyl sites for hydroxylation is 2. The number of rotatable bonds is 5. The number of hydrogen-bond donors (Lipinski definition) is 0. The number of hydrogen-bond acceptors (Lipinski definition) is 6. The van der Waals surface area contributed by atoms with Gasteiger partial charge in [0, 0.05) is 24.2 Å². The summed E-state index contributed by atoms with van der Waals surface area (Å²) >= 11 is 0. The van der Waals surface area contributed by atoms with E-state index in [0.29, 0.717) is 40.1 Å². The summed E-state index contributed by atoms with van der Waals surface area (Å²) in [5, 5.41) is 16.2. The molecule has 26 heavy (non-hydrogen) atoms. The van der Waals surface area contributed by atoms with Gasteiger partial charge in [-0.3, -0.25) is 10.1 Å². The summed E-state index contributed by atoms with van der Waals surface area (Å²) in [5.41, 5.74) is 2.56. The number of fused-ring (bicyclic) bond motifs is 1. The molecule has 3 aromatic rings. The molecule has 1 aromatic carbocycles. The lowest BCUT2D eigenvalue weighted by Gasteiger charge is -2.08. The van der Waals surface area contributed by atoms with E-state index in [0.717, 1.165) is 6.42 Å². The lowest BCUT2D eigenvalue weighted by Crippen LogP contribution is -2.05. The summed E-state index contributed by atoms with van der Waals surface area (Å²) in [7, 11) is 1.31. The quantitative estimate of drug-likeness (QED) is 0.395. The fourth-order valence-corrected chi connectivity index (χ4v) is 2.92. The van der Waals surface area contributed by atoms with E-state index in [-0.39, 0.29) is 5.69 Å². The Bertz CT molecular complexity index is 1010. The van der Waals surface area contributed by atoms with E-state index in [1.54, 1.807) is 22.9 Å². The molecular formula is C18H18N4O4. The van der Waals surface area contributed by atoms with E-state index < -0.39 is 10.9 Å². The van der Waals surface area contributed by atoms with Crippen molar-refractivity contribution in [3.05, 3.63) is 51.7 Å². The van der Waals surface area contributed by atoms with Crippen LogP contribution in [0.25, 0.3) is 22.3 Å². The maximum atomic E-state index is 12.3. The number of aromatic nitrogens is 3. The second-order valence-electron chi connectivity index (χ2n) is 5.86. The van der Waals surface area contributed by atoms with Gasteiger partial charge in [0.15, 0.2) is 5.65 Å². The van der Waals surface area contributed by atoms with Gasteiger partial charge >= 0.3 is 5.97 Å². The van der Waals surface area contributed by atoms with E-state index in [4.69, 9.17) is 4.74 Å². The number of non-ortho nitro benzene ring substituents is 1. The predicted molar refractivity (Wildman–Crippen MR) is 96.0 cm³/mol. The van der Waals surface area contributed by atoms with Gasteiger partial charge in [-0.2, -0.15) is 5.10 Å². The summed E-state index contributed by atoms with van der Waals surface area (Å²) in [6.07, 6.45) is 0.854. The van der Waals surface area contributed by atoms with Gasteiger partial charge < -0.3 is 4.74 Å². The van der Waals surface area contributed by atoms with Gasteiger partial charge in [-0.25, -0.2) is 14.5 Å². The van der Waals surface area contributed by atoms with Gasteiger partial charge in [0.25, 0.3) is 5.69 Å². The molecule has 8 heteroatoms. The average molecular weight is 354 g/mol. The van der Waals surface area contributed by atoms with Crippen LogP contribution in [-0.2, 0) is 11.3 Å². The first-order chi connectivity index (χ1) is 12.5. The van der Waals surface area contributed by atoms with Crippen LogP contribution in [0.2, 0.25) is 0 Å². The summed E-state index contributed by atoms with van der Waals surface area (Å²) < 4.78 is 6.66. The van der Waals surface area contributed by atoms with Crippen molar-refractivity contribution < 1.29 is 14.5 Å². The molecule has 0 unspecified atom stereocenters. The van der Waals surface area contributed by atoms with Crippen LogP contribution in [-0.4, -0.2) is 32.8 Å². The third kappa shape index (κ3) is 3.01. The minimum Gasteiger partial charge on any atom is -0.465 e. The Hall–Kier alpha value is -3.29. The van der Waals surface area contributed by atoms with Gasteiger partial charge in [0.1, 0.15) is 0 Å². The number of nitrogens with zero attached hydrogens (tertiary/aromatic N) is 4. The molecule has 0 aliphatic rings. The smallest absolute Gasteiger partial charge is 0.338 e. The molecule has 134 valence electrons. The Balaban J connectivity index is 2.30. The molecule has 0 bridgehead atoms. The molecule has 0 atom stereocenters. The van der Waals surface area contributed by atoms with Crippen molar-refractivity contribution in [2.75, 3.05) is 7.11 Å². The van der Waals surface area contributed by atoms with Crippen molar-refractivity contribution in [3.8, 4) is 11.3 Å². The normalized spacial score (nSPS) is 10.9. The van der Waals surface area contributed by atoms with Gasteiger partial charge in [0.05, 0.1) is 34.4 Å². The minimum absolute atomic E-state index is 0.0396. The second-order valence-corrected chi connectivity index (χ2v) is 5.86. The van der Waals surface area contributed by atoms with Crippen LogP contribution in [0.15, 0.2) is 30.3 Å². The third-order valence-electron chi connectivity index (χ3n) is 4.07. The molecule has 0 radical (unpaired) electrons. The fourth-order valence-electron chi connectivity index (χ4n) is 2.92. The highest BCUT2D eigenvalue weighted by molar-refractivity contribution is 6.05. The standard InChI is InChI=1S/C18H18N4O4/c1-4-8-21-17-16(11(2)20-21)14(18(23)26-3)10-15(19-17)12-6-5-7-13(9-12)22(24)25/h5-7,9-10H,4,8H2,1-3H3.